The number of nitrogens with one attached hydrogen (secondary N) is 1. The molecule has 2 rings (SSSR count). The molecule has 0 amide bonds. The maximum Gasteiger partial charge on any atom is 0.347 e. The predicted molar refractivity (Wildman–Crippen MR) is 61.2 cm³/mol. The van der Waals surface area contributed by atoms with Crippen molar-refractivity contribution in [2.24, 2.45) is 5.92 Å². The molecule has 0 aromatic carbocycles. The zero-order valence-electron chi connectivity index (χ0n) is 9.02. The average molecular weight is 242 g/mol. The molecular weight excluding hydrogens is 228 g/mol. The van der Waals surface area contributed by atoms with Crippen molar-refractivity contribution in [3.63, 3.8) is 0 Å². The molecule has 0 aliphatic carbocycles. The Hall–Kier alpha value is -1.14. The second kappa shape index (κ2) is 4.80. The fraction of sp³-hybridized carbons (Fsp3) is 0.600. The third kappa shape index (κ3) is 2.51. The lowest BCUT2D eigenvalue weighted by Crippen LogP contribution is -2.13. The summed E-state index contributed by atoms with van der Waals surface area (Å²) in [5.74, 6) is -0.398. The number of carboxylic acid groups (broad SMARTS) is 1. The molecule has 1 aliphatic heterocycles. The van der Waals surface area contributed by atoms with E-state index < -0.39 is 5.97 Å². The largest absolute Gasteiger partial charge is 0.477 e. The van der Waals surface area contributed by atoms with Gasteiger partial charge >= 0.3 is 5.97 Å². The van der Waals surface area contributed by atoms with Crippen LogP contribution >= 0.6 is 11.3 Å². The Morgan fingerprint density at radius 1 is 1.75 bits per heavy atom. The number of carbonyl (C=O) groups is 1. The molecule has 1 aromatic rings. The van der Waals surface area contributed by atoms with E-state index in [1.807, 2.05) is 0 Å². The van der Waals surface area contributed by atoms with Crippen LogP contribution in [0.25, 0.3) is 0 Å². The molecule has 1 saturated heterocycles. The minimum atomic E-state index is -0.910. The van der Waals surface area contributed by atoms with E-state index in [2.05, 4.69) is 10.3 Å². The molecule has 1 fully saturated rings. The van der Waals surface area contributed by atoms with E-state index in [4.69, 9.17) is 9.84 Å². The normalized spacial score (nSPS) is 19.9. The quantitative estimate of drug-likeness (QED) is 0.839. The second-order valence-electron chi connectivity index (χ2n) is 3.85. The molecule has 1 atom stereocenters. The van der Waals surface area contributed by atoms with Crippen molar-refractivity contribution in [1.82, 2.24) is 4.98 Å². The van der Waals surface area contributed by atoms with Gasteiger partial charge in [-0.15, -0.1) is 0 Å². The molecular formula is C10H14N2O3S. The first-order chi connectivity index (χ1) is 7.66. The zero-order chi connectivity index (χ0) is 11.5. The maximum atomic E-state index is 10.8. The van der Waals surface area contributed by atoms with E-state index in [0.717, 1.165) is 26.2 Å². The highest BCUT2D eigenvalue weighted by atomic mass is 32.1. The van der Waals surface area contributed by atoms with Crippen LogP contribution in [-0.2, 0) is 4.74 Å². The SMILES string of the molecule is Cc1nc(NCC2CCOC2)sc1C(=O)O. The number of rotatable bonds is 4. The lowest BCUT2D eigenvalue weighted by atomic mass is 10.1. The molecule has 1 aromatic heterocycles. The number of carboxylic acids is 1. The summed E-state index contributed by atoms with van der Waals surface area (Å²) in [5.41, 5.74) is 0.572. The van der Waals surface area contributed by atoms with E-state index >= 15 is 0 Å². The van der Waals surface area contributed by atoms with Crippen LogP contribution < -0.4 is 5.32 Å². The number of nitrogens with zero attached hydrogens (tertiary/aromatic N) is 1. The molecule has 2 N–H and O–H groups in total. The summed E-state index contributed by atoms with van der Waals surface area (Å²) >= 11 is 1.19. The van der Waals surface area contributed by atoms with Gasteiger partial charge in [-0.05, 0) is 13.3 Å². The summed E-state index contributed by atoms with van der Waals surface area (Å²) in [6.45, 7) is 4.11. The Kier molecular flexibility index (Phi) is 3.40. The maximum absolute atomic E-state index is 10.8. The van der Waals surface area contributed by atoms with Gasteiger partial charge in [0.2, 0.25) is 0 Å². The van der Waals surface area contributed by atoms with E-state index in [9.17, 15) is 4.79 Å². The summed E-state index contributed by atoms with van der Waals surface area (Å²) in [5, 5.41) is 12.7. The van der Waals surface area contributed by atoms with E-state index in [0.29, 0.717) is 21.6 Å². The molecule has 0 radical (unpaired) electrons. The third-order valence-electron chi connectivity index (χ3n) is 2.56. The van der Waals surface area contributed by atoms with Crippen molar-refractivity contribution in [1.29, 1.82) is 0 Å². The third-order valence-corrected chi connectivity index (χ3v) is 3.66. The predicted octanol–water partition coefficient (Wildman–Crippen LogP) is 1.60. The fourth-order valence-corrected chi connectivity index (χ4v) is 2.46. The van der Waals surface area contributed by atoms with Crippen LogP contribution in [0.4, 0.5) is 5.13 Å². The standard InChI is InChI=1S/C10H14N2O3S/c1-6-8(9(13)14)16-10(12-6)11-4-7-2-3-15-5-7/h7H,2-5H2,1H3,(H,11,12)(H,13,14). The Morgan fingerprint density at radius 2 is 2.56 bits per heavy atom. The number of aromatic carboxylic acids is 1. The number of hydrogen-bond acceptors (Lipinski definition) is 5. The number of aromatic nitrogens is 1. The number of thiazole rings is 1. The molecule has 16 heavy (non-hydrogen) atoms. The van der Waals surface area contributed by atoms with Crippen LogP contribution in [0.1, 0.15) is 21.8 Å². The van der Waals surface area contributed by atoms with Crippen LogP contribution in [0.15, 0.2) is 0 Å². The highest BCUT2D eigenvalue weighted by molar-refractivity contribution is 7.17. The lowest BCUT2D eigenvalue weighted by Gasteiger charge is -2.07. The van der Waals surface area contributed by atoms with Gasteiger partial charge in [-0.3, -0.25) is 0 Å². The Morgan fingerprint density at radius 3 is 3.12 bits per heavy atom. The van der Waals surface area contributed by atoms with Crippen LogP contribution in [0.5, 0.6) is 0 Å². The minimum absolute atomic E-state index is 0.310. The highest BCUT2D eigenvalue weighted by Gasteiger charge is 2.17. The second-order valence-corrected chi connectivity index (χ2v) is 4.85. The van der Waals surface area contributed by atoms with Crippen LogP contribution in [-0.4, -0.2) is 35.8 Å². The summed E-state index contributed by atoms with van der Waals surface area (Å²) in [6.07, 6.45) is 1.06. The molecule has 0 saturated carbocycles. The van der Waals surface area contributed by atoms with Gasteiger partial charge in [0.1, 0.15) is 4.88 Å². The van der Waals surface area contributed by atoms with E-state index in [1.54, 1.807) is 6.92 Å². The Balaban J connectivity index is 1.94. The average Bonchev–Trinajstić information content (AvgIpc) is 2.83. The van der Waals surface area contributed by atoms with Crippen molar-refractivity contribution >= 4 is 22.4 Å². The topological polar surface area (TPSA) is 71.5 Å². The first-order valence-corrected chi connectivity index (χ1v) is 6.01. The number of hydrogen-bond donors (Lipinski definition) is 2. The Labute approximate surface area is 97.5 Å². The van der Waals surface area contributed by atoms with Gasteiger partial charge in [-0.25, -0.2) is 9.78 Å². The van der Waals surface area contributed by atoms with E-state index in [1.165, 1.54) is 11.3 Å². The molecule has 88 valence electrons. The van der Waals surface area contributed by atoms with Gasteiger partial charge in [0.15, 0.2) is 5.13 Å². The summed E-state index contributed by atoms with van der Waals surface area (Å²) in [6, 6.07) is 0. The van der Waals surface area contributed by atoms with E-state index in [-0.39, 0.29) is 0 Å². The molecule has 6 heteroatoms. The molecule has 0 bridgehead atoms. The Bertz CT molecular complexity index is 385. The summed E-state index contributed by atoms with van der Waals surface area (Å²) in [7, 11) is 0. The van der Waals surface area contributed by atoms with Gasteiger partial charge in [0.25, 0.3) is 0 Å². The molecule has 2 heterocycles. The monoisotopic (exact) mass is 242 g/mol. The van der Waals surface area contributed by atoms with Crippen molar-refractivity contribution in [2.75, 3.05) is 25.1 Å². The first kappa shape index (κ1) is 11.3. The number of anilines is 1. The van der Waals surface area contributed by atoms with Crippen molar-refractivity contribution < 1.29 is 14.6 Å². The highest BCUT2D eigenvalue weighted by Crippen LogP contribution is 2.23. The molecule has 1 unspecified atom stereocenters. The summed E-state index contributed by atoms with van der Waals surface area (Å²) < 4.78 is 5.26. The van der Waals surface area contributed by atoms with Crippen molar-refractivity contribution in [2.45, 2.75) is 13.3 Å². The van der Waals surface area contributed by atoms with Gasteiger partial charge in [0, 0.05) is 19.1 Å². The smallest absolute Gasteiger partial charge is 0.347 e. The lowest BCUT2D eigenvalue weighted by molar-refractivity contribution is 0.0701. The number of aryl methyl sites for hydroxylation is 1. The van der Waals surface area contributed by atoms with Gasteiger partial charge in [-0.2, -0.15) is 0 Å². The number of ether oxygens (including phenoxy) is 1. The van der Waals surface area contributed by atoms with Crippen molar-refractivity contribution in [3.05, 3.63) is 10.6 Å². The van der Waals surface area contributed by atoms with Crippen molar-refractivity contribution in [3.8, 4) is 0 Å². The fourth-order valence-electron chi connectivity index (χ4n) is 1.65. The summed E-state index contributed by atoms with van der Waals surface area (Å²) in [4.78, 5) is 15.3. The molecule has 1 aliphatic rings. The zero-order valence-corrected chi connectivity index (χ0v) is 9.84. The van der Waals surface area contributed by atoms with Crippen LogP contribution in [0.2, 0.25) is 0 Å². The molecule has 0 spiro atoms. The minimum Gasteiger partial charge on any atom is -0.477 e. The first-order valence-electron chi connectivity index (χ1n) is 5.19. The van der Waals surface area contributed by atoms with Gasteiger partial charge < -0.3 is 15.2 Å². The van der Waals surface area contributed by atoms with Crippen LogP contribution in [0.3, 0.4) is 0 Å². The van der Waals surface area contributed by atoms with Gasteiger partial charge in [0.05, 0.1) is 12.3 Å². The van der Waals surface area contributed by atoms with Crippen LogP contribution in [0, 0.1) is 12.8 Å². The van der Waals surface area contributed by atoms with Gasteiger partial charge in [-0.1, -0.05) is 11.3 Å². The molecule has 5 nitrogen and oxygen atoms in total.